The first kappa shape index (κ1) is 13.6. The Morgan fingerprint density at radius 3 is 2.68 bits per heavy atom. The van der Waals surface area contributed by atoms with Gasteiger partial charge in [0.2, 0.25) is 5.91 Å². The van der Waals surface area contributed by atoms with Crippen molar-refractivity contribution in [1.29, 1.82) is 0 Å². The Balaban J connectivity index is 1.89. The summed E-state index contributed by atoms with van der Waals surface area (Å²) in [6.07, 6.45) is 1.45. The summed E-state index contributed by atoms with van der Waals surface area (Å²) in [5.41, 5.74) is 1.14. The van der Waals surface area contributed by atoms with Gasteiger partial charge in [-0.25, -0.2) is 0 Å². The summed E-state index contributed by atoms with van der Waals surface area (Å²) in [4.78, 5) is 11.6. The highest BCUT2D eigenvalue weighted by molar-refractivity contribution is 5.83. The molecule has 0 aliphatic rings. The minimum atomic E-state index is 0.114. The van der Waals surface area contributed by atoms with E-state index in [-0.39, 0.29) is 5.91 Å². The van der Waals surface area contributed by atoms with Gasteiger partial charge >= 0.3 is 0 Å². The van der Waals surface area contributed by atoms with Crippen LogP contribution >= 0.6 is 0 Å². The van der Waals surface area contributed by atoms with Crippen molar-refractivity contribution in [1.82, 2.24) is 10.6 Å². The van der Waals surface area contributed by atoms with E-state index in [0.717, 1.165) is 18.5 Å². The van der Waals surface area contributed by atoms with E-state index in [1.165, 1.54) is 10.8 Å². The maximum atomic E-state index is 11.6. The van der Waals surface area contributed by atoms with Crippen LogP contribution in [0.1, 0.15) is 18.4 Å². The summed E-state index contributed by atoms with van der Waals surface area (Å²) in [7, 11) is 1.90. The van der Waals surface area contributed by atoms with Crippen molar-refractivity contribution in [2.45, 2.75) is 19.4 Å². The van der Waals surface area contributed by atoms with Crippen LogP contribution in [0.3, 0.4) is 0 Å². The van der Waals surface area contributed by atoms with Crippen LogP contribution in [-0.2, 0) is 11.3 Å². The summed E-state index contributed by atoms with van der Waals surface area (Å²) in [5, 5.41) is 8.43. The van der Waals surface area contributed by atoms with Crippen molar-refractivity contribution in [3.05, 3.63) is 48.0 Å². The summed E-state index contributed by atoms with van der Waals surface area (Å²) in [5.74, 6) is 0.114. The molecule has 2 aromatic carbocycles. The molecule has 3 nitrogen and oxygen atoms in total. The molecule has 0 bridgehead atoms. The van der Waals surface area contributed by atoms with Crippen LogP contribution in [0.4, 0.5) is 0 Å². The fourth-order valence-corrected chi connectivity index (χ4v) is 2.06. The number of amides is 1. The van der Waals surface area contributed by atoms with Crippen molar-refractivity contribution >= 4 is 16.7 Å². The van der Waals surface area contributed by atoms with Gasteiger partial charge in [-0.2, -0.15) is 0 Å². The SMILES string of the molecule is CNCCCC(=O)NCc1ccc2ccccc2c1. The largest absolute Gasteiger partial charge is 0.352 e. The fraction of sp³-hybridized carbons (Fsp3) is 0.312. The summed E-state index contributed by atoms with van der Waals surface area (Å²) < 4.78 is 0. The van der Waals surface area contributed by atoms with E-state index in [1.807, 2.05) is 19.2 Å². The first-order valence-corrected chi connectivity index (χ1v) is 6.68. The van der Waals surface area contributed by atoms with Crippen LogP contribution in [0.15, 0.2) is 42.5 Å². The van der Waals surface area contributed by atoms with Gasteiger partial charge in [-0.1, -0.05) is 36.4 Å². The summed E-state index contributed by atoms with van der Waals surface area (Å²) in [6, 6.07) is 14.5. The predicted molar refractivity (Wildman–Crippen MR) is 79.0 cm³/mol. The molecule has 0 atom stereocenters. The molecule has 0 aliphatic carbocycles. The lowest BCUT2D eigenvalue weighted by Crippen LogP contribution is -2.23. The highest BCUT2D eigenvalue weighted by Crippen LogP contribution is 2.15. The van der Waals surface area contributed by atoms with Crippen LogP contribution in [0.5, 0.6) is 0 Å². The summed E-state index contributed by atoms with van der Waals surface area (Å²) >= 11 is 0. The Labute approximate surface area is 114 Å². The molecule has 0 heterocycles. The van der Waals surface area contributed by atoms with Gasteiger partial charge in [-0.15, -0.1) is 0 Å². The van der Waals surface area contributed by atoms with Gasteiger partial charge in [0.25, 0.3) is 0 Å². The molecule has 0 radical (unpaired) electrons. The van der Waals surface area contributed by atoms with Crippen LogP contribution in [0, 0.1) is 0 Å². The van der Waals surface area contributed by atoms with E-state index in [2.05, 4.69) is 41.0 Å². The minimum Gasteiger partial charge on any atom is -0.352 e. The van der Waals surface area contributed by atoms with Gasteiger partial charge < -0.3 is 10.6 Å². The molecule has 0 fully saturated rings. The molecular weight excluding hydrogens is 236 g/mol. The van der Waals surface area contributed by atoms with Crippen molar-refractivity contribution in [3.63, 3.8) is 0 Å². The zero-order valence-corrected chi connectivity index (χ0v) is 11.3. The third-order valence-electron chi connectivity index (χ3n) is 3.13. The van der Waals surface area contributed by atoms with E-state index in [0.29, 0.717) is 13.0 Å². The van der Waals surface area contributed by atoms with E-state index >= 15 is 0 Å². The van der Waals surface area contributed by atoms with Crippen molar-refractivity contribution < 1.29 is 4.79 Å². The lowest BCUT2D eigenvalue weighted by molar-refractivity contribution is -0.121. The number of carbonyl (C=O) groups excluding carboxylic acids is 1. The highest BCUT2D eigenvalue weighted by atomic mass is 16.1. The molecule has 19 heavy (non-hydrogen) atoms. The van der Waals surface area contributed by atoms with E-state index < -0.39 is 0 Å². The Morgan fingerprint density at radius 2 is 1.89 bits per heavy atom. The van der Waals surface area contributed by atoms with Crippen LogP contribution < -0.4 is 10.6 Å². The predicted octanol–water partition coefficient (Wildman–Crippen LogP) is 2.46. The fourth-order valence-electron chi connectivity index (χ4n) is 2.06. The molecule has 2 N–H and O–H groups in total. The first-order valence-electron chi connectivity index (χ1n) is 6.68. The maximum absolute atomic E-state index is 11.6. The highest BCUT2D eigenvalue weighted by Gasteiger charge is 2.01. The smallest absolute Gasteiger partial charge is 0.220 e. The number of benzene rings is 2. The number of carbonyl (C=O) groups is 1. The van der Waals surface area contributed by atoms with E-state index in [9.17, 15) is 4.79 Å². The van der Waals surface area contributed by atoms with Crippen LogP contribution in [-0.4, -0.2) is 19.5 Å². The first-order chi connectivity index (χ1) is 9.29. The Morgan fingerprint density at radius 1 is 1.11 bits per heavy atom. The standard InChI is InChI=1S/C16H20N2O/c1-17-10-4-7-16(19)18-12-13-8-9-14-5-2-3-6-15(14)11-13/h2-3,5-6,8-9,11,17H,4,7,10,12H2,1H3,(H,18,19). The zero-order chi connectivity index (χ0) is 13.5. The van der Waals surface area contributed by atoms with Gasteiger partial charge in [0.1, 0.15) is 0 Å². The second-order valence-corrected chi connectivity index (χ2v) is 4.67. The molecule has 0 spiro atoms. The third kappa shape index (κ3) is 4.07. The van der Waals surface area contributed by atoms with Gasteiger partial charge in [-0.3, -0.25) is 4.79 Å². The lowest BCUT2D eigenvalue weighted by atomic mass is 10.1. The molecule has 0 saturated heterocycles. The Kier molecular flexibility index (Phi) is 4.93. The van der Waals surface area contributed by atoms with Gasteiger partial charge in [0.15, 0.2) is 0 Å². The second kappa shape index (κ2) is 6.90. The maximum Gasteiger partial charge on any atom is 0.220 e. The zero-order valence-electron chi connectivity index (χ0n) is 11.3. The quantitative estimate of drug-likeness (QED) is 0.779. The molecule has 1 amide bonds. The number of nitrogens with one attached hydrogen (secondary N) is 2. The van der Waals surface area contributed by atoms with Crippen molar-refractivity contribution in [3.8, 4) is 0 Å². The molecule has 0 aromatic heterocycles. The van der Waals surface area contributed by atoms with Gasteiger partial charge in [-0.05, 0) is 42.4 Å². The van der Waals surface area contributed by atoms with Crippen LogP contribution in [0.25, 0.3) is 10.8 Å². The third-order valence-corrected chi connectivity index (χ3v) is 3.13. The number of hydrogen-bond donors (Lipinski definition) is 2. The lowest BCUT2D eigenvalue weighted by Gasteiger charge is -2.06. The van der Waals surface area contributed by atoms with E-state index in [4.69, 9.17) is 0 Å². The molecule has 0 aliphatic heterocycles. The average Bonchev–Trinajstić information content (AvgIpc) is 2.45. The average molecular weight is 256 g/mol. The minimum absolute atomic E-state index is 0.114. The molecule has 0 unspecified atom stereocenters. The van der Waals surface area contributed by atoms with Gasteiger partial charge in [0.05, 0.1) is 0 Å². The Hall–Kier alpha value is -1.87. The monoisotopic (exact) mass is 256 g/mol. The van der Waals surface area contributed by atoms with E-state index in [1.54, 1.807) is 0 Å². The van der Waals surface area contributed by atoms with Crippen molar-refractivity contribution in [2.75, 3.05) is 13.6 Å². The molecule has 100 valence electrons. The van der Waals surface area contributed by atoms with Gasteiger partial charge in [0, 0.05) is 13.0 Å². The number of rotatable bonds is 6. The van der Waals surface area contributed by atoms with Crippen molar-refractivity contribution in [2.24, 2.45) is 0 Å². The summed E-state index contributed by atoms with van der Waals surface area (Å²) in [6.45, 7) is 1.48. The Bertz CT molecular complexity index is 551. The molecule has 0 saturated carbocycles. The molecule has 2 aromatic rings. The second-order valence-electron chi connectivity index (χ2n) is 4.67. The normalized spacial score (nSPS) is 10.6. The number of fused-ring (bicyclic) bond motifs is 1. The molecular formula is C16H20N2O. The van der Waals surface area contributed by atoms with Crippen LogP contribution in [0.2, 0.25) is 0 Å². The molecule has 3 heteroatoms. The topological polar surface area (TPSA) is 41.1 Å². The number of hydrogen-bond acceptors (Lipinski definition) is 2. The molecule has 2 rings (SSSR count).